The zero-order valence-corrected chi connectivity index (χ0v) is 12.0. The van der Waals surface area contributed by atoms with Crippen LogP contribution in [0.15, 0.2) is 61.2 Å². The fourth-order valence-corrected chi connectivity index (χ4v) is 1.65. The molecule has 2 heteroatoms. The molecular formula is C18H20O2. The molecular weight excluding hydrogens is 248 g/mol. The Morgan fingerprint density at radius 3 is 2.35 bits per heavy atom. The van der Waals surface area contributed by atoms with E-state index in [1.807, 2.05) is 56.3 Å². The summed E-state index contributed by atoms with van der Waals surface area (Å²) >= 11 is 0. The number of carbonyl (C=O) groups is 1. The highest BCUT2D eigenvalue weighted by Gasteiger charge is 2.02. The number of ether oxygens (including phenoxy) is 1. The number of rotatable bonds is 4. The second-order valence-corrected chi connectivity index (χ2v) is 4.28. The Bertz CT molecular complexity index is 559. The molecule has 0 atom stereocenters. The first-order valence-electron chi connectivity index (χ1n) is 6.51. The second-order valence-electron chi connectivity index (χ2n) is 4.28. The second kappa shape index (κ2) is 8.70. The quantitative estimate of drug-likeness (QED) is 0.599. The maximum absolute atomic E-state index is 10.9. The molecule has 0 saturated heterocycles. The van der Waals surface area contributed by atoms with Gasteiger partial charge in [-0.15, -0.1) is 6.58 Å². The van der Waals surface area contributed by atoms with Crippen molar-refractivity contribution in [1.29, 1.82) is 0 Å². The lowest BCUT2D eigenvalue weighted by Crippen LogP contribution is -2.00. The monoisotopic (exact) mass is 268 g/mol. The van der Waals surface area contributed by atoms with Crippen molar-refractivity contribution >= 4 is 6.29 Å². The van der Waals surface area contributed by atoms with E-state index in [9.17, 15) is 4.79 Å². The van der Waals surface area contributed by atoms with Crippen LogP contribution in [-0.2, 0) is 6.61 Å². The molecule has 2 rings (SSSR count). The highest BCUT2D eigenvalue weighted by atomic mass is 16.5. The third-order valence-corrected chi connectivity index (χ3v) is 2.66. The Kier molecular flexibility index (Phi) is 6.83. The van der Waals surface area contributed by atoms with Gasteiger partial charge in [-0.3, -0.25) is 4.79 Å². The Hall–Kier alpha value is -2.35. The molecule has 0 fully saturated rings. The molecule has 0 aliphatic rings. The van der Waals surface area contributed by atoms with Gasteiger partial charge in [0.1, 0.15) is 18.6 Å². The minimum atomic E-state index is 0.416. The number of hydrogen-bond donors (Lipinski definition) is 0. The predicted molar refractivity (Wildman–Crippen MR) is 83.2 cm³/mol. The van der Waals surface area contributed by atoms with E-state index in [-0.39, 0.29) is 0 Å². The fourth-order valence-electron chi connectivity index (χ4n) is 1.65. The Morgan fingerprint density at radius 1 is 1.10 bits per heavy atom. The van der Waals surface area contributed by atoms with Crippen molar-refractivity contribution in [2.75, 3.05) is 0 Å². The zero-order valence-electron chi connectivity index (χ0n) is 12.0. The van der Waals surface area contributed by atoms with E-state index in [2.05, 4.69) is 6.58 Å². The van der Waals surface area contributed by atoms with Crippen molar-refractivity contribution in [2.24, 2.45) is 0 Å². The van der Waals surface area contributed by atoms with Crippen molar-refractivity contribution in [1.82, 2.24) is 0 Å². The average Bonchev–Trinajstić information content (AvgIpc) is 2.47. The van der Waals surface area contributed by atoms with E-state index in [1.165, 1.54) is 0 Å². The van der Waals surface area contributed by atoms with Gasteiger partial charge in [-0.2, -0.15) is 0 Å². The van der Waals surface area contributed by atoms with Gasteiger partial charge < -0.3 is 4.74 Å². The van der Waals surface area contributed by atoms with Crippen LogP contribution in [-0.4, -0.2) is 6.29 Å². The van der Waals surface area contributed by atoms with Gasteiger partial charge in [0, 0.05) is 5.56 Å². The third-order valence-electron chi connectivity index (χ3n) is 2.66. The number of aldehydes is 1. The summed E-state index contributed by atoms with van der Waals surface area (Å²) in [7, 11) is 0. The minimum Gasteiger partial charge on any atom is -0.489 e. The first-order valence-corrected chi connectivity index (χ1v) is 6.51. The van der Waals surface area contributed by atoms with Crippen LogP contribution < -0.4 is 4.74 Å². The summed E-state index contributed by atoms with van der Waals surface area (Å²) in [5.74, 6) is 0.855. The number of benzene rings is 2. The number of hydrogen-bond acceptors (Lipinski definition) is 2. The van der Waals surface area contributed by atoms with Gasteiger partial charge in [0.2, 0.25) is 0 Å². The van der Waals surface area contributed by atoms with Crippen molar-refractivity contribution in [2.45, 2.75) is 20.5 Å². The van der Waals surface area contributed by atoms with Crippen LogP contribution in [0.5, 0.6) is 5.75 Å². The summed E-state index contributed by atoms with van der Waals surface area (Å²) in [6.07, 6.45) is 2.61. The highest BCUT2D eigenvalue weighted by molar-refractivity contribution is 5.77. The molecule has 0 unspecified atom stereocenters. The van der Waals surface area contributed by atoms with Crippen LogP contribution in [0.3, 0.4) is 0 Å². The lowest BCUT2D eigenvalue weighted by molar-refractivity contribution is 0.112. The van der Waals surface area contributed by atoms with Gasteiger partial charge in [0.25, 0.3) is 0 Å². The van der Waals surface area contributed by atoms with Gasteiger partial charge in [0.15, 0.2) is 0 Å². The van der Waals surface area contributed by atoms with Crippen LogP contribution in [0.4, 0.5) is 0 Å². The van der Waals surface area contributed by atoms with Crippen molar-refractivity contribution < 1.29 is 9.53 Å². The van der Waals surface area contributed by atoms with Gasteiger partial charge in [-0.25, -0.2) is 0 Å². The number of para-hydroxylation sites is 1. The largest absolute Gasteiger partial charge is 0.489 e. The van der Waals surface area contributed by atoms with Crippen LogP contribution in [0.2, 0.25) is 0 Å². The number of allylic oxidation sites excluding steroid dienone is 1. The van der Waals surface area contributed by atoms with Crippen LogP contribution in [0.1, 0.15) is 28.4 Å². The molecule has 0 heterocycles. The van der Waals surface area contributed by atoms with E-state index in [4.69, 9.17) is 4.74 Å². The molecule has 0 amide bonds. The van der Waals surface area contributed by atoms with Crippen LogP contribution in [0, 0.1) is 6.92 Å². The zero-order chi connectivity index (χ0) is 14.8. The predicted octanol–water partition coefficient (Wildman–Crippen LogP) is 4.58. The molecule has 20 heavy (non-hydrogen) atoms. The molecule has 0 radical (unpaired) electrons. The fraction of sp³-hybridized carbons (Fsp3) is 0.167. The molecule has 0 spiro atoms. The molecule has 0 aliphatic heterocycles. The summed E-state index contributed by atoms with van der Waals surface area (Å²) < 4.78 is 5.71. The van der Waals surface area contributed by atoms with E-state index in [0.29, 0.717) is 12.2 Å². The minimum absolute atomic E-state index is 0.416. The standard InChI is InChI=1S/C15H14O2.C3H6/c1-12-6-2-5-9-15(12)17-11-14-8-4-3-7-13(14)10-16;1-3-2/h2-10H,11H2,1H3;3H,1H2,2H3. The summed E-state index contributed by atoms with van der Waals surface area (Å²) in [5.41, 5.74) is 2.68. The summed E-state index contributed by atoms with van der Waals surface area (Å²) in [6, 6.07) is 15.3. The highest BCUT2D eigenvalue weighted by Crippen LogP contribution is 2.18. The van der Waals surface area contributed by atoms with Crippen molar-refractivity contribution in [3.63, 3.8) is 0 Å². The smallest absolute Gasteiger partial charge is 0.150 e. The third kappa shape index (κ3) is 4.73. The molecule has 2 aromatic carbocycles. The van der Waals surface area contributed by atoms with Crippen LogP contribution in [0.25, 0.3) is 0 Å². The van der Waals surface area contributed by atoms with E-state index in [0.717, 1.165) is 23.2 Å². The topological polar surface area (TPSA) is 26.3 Å². The Balaban J connectivity index is 0.000000612. The van der Waals surface area contributed by atoms with Gasteiger partial charge in [-0.05, 0) is 31.0 Å². The Morgan fingerprint density at radius 2 is 1.70 bits per heavy atom. The lowest BCUT2D eigenvalue weighted by atomic mass is 10.1. The molecule has 104 valence electrons. The molecule has 0 bridgehead atoms. The van der Waals surface area contributed by atoms with Gasteiger partial charge >= 0.3 is 0 Å². The van der Waals surface area contributed by atoms with E-state index in [1.54, 1.807) is 12.1 Å². The first kappa shape index (κ1) is 15.7. The molecule has 0 aliphatic carbocycles. The maximum atomic E-state index is 10.9. The van der Waals surface area contributed by atoms with Gasteiger partial charge in [0.05, 0.1) is 0 Å². The molecule has 2 aromatic rings. The number of carbonyl (C=O) groups excluding carboxylic acids is 1. The number of aryl methyl sites for hydroxylation is 1. The molecule has 0 aromatic heterocycles. The van der Waals surface area contributed by atoms with Crippen molar-refractivity contribution in [3.8, 4) is 5.75 Å². The van der Waals surface area contributed by atoms with Gasteiger partial charge in [-0.1, -0.05) is 48.5 Å². The maximum Gasteiger partial charge on any atom is 0.150 e. The van der Waals surface area contributed by atoms with E-state index < -0.39 is 0 Å². The van der Waals surface area contributed by atoms with E-state index >= 15 is 0 Å². The Labute approximate surface area is 120 Å². The van der Waals surface area contributed by atoms with Crippen molar-refractivity contribution in [3.05, 3.63) is 77.9 Å². The summed E-state index contributed by atoms with van der Waals surface area (Å²) in [5, 5.41) is 0. The first-order chi connectivity index (χ1) is 9.72. The summed E-state index contributed by atoms with van der Waals surface area (Å²) in [4.78, 5) is 10.9. The molecule has 0 N–H and O–H groups in total. The SMILES string of the molecule is C=CC.Cc1ccccc1OCc1ccccc1C=O. The normalized spacial score (nSPS) is 9.10. The van der Waals surface area contributed by atoms with Crippen LogP contribution >= 0.6 is 0 Å². The molecule has 0 saturated carbocycles. The lowest BCUT2D eigenvalue weighted by Gasteiger charge is -2.09. The average molecular weight is 268 g/mol. The summed E-state index contributed by atoms with van der Waals surface area (Å²) in [6.45, 7) is 7.67. The molecule has 2 nitrogen and oxygen atoms in total.